The Hall–Kier alpha value is -3.23. The molecule has 9 heteroatoms. The van der Waals surface area contributed by atoms with Gasteiger partial charge in [-0.3, -0.25) is 4.98 Å². The molecule has 0 aliphatic carbocycles. The molecule has 6 nitrogen and oxygen atoms in total. The summed E-state index contributed by atoms with van der Waals surface area (Å²) >= 11 is 0. The van der Waals surface area contributed by atoms with E-state index in [0.29, 0.717) is 24.7 Å². The van der Waals surface area contributed by atoms with Gasteiger partial charge in [-0.2, -0.15) is 13.2 Å². The lowest BCUT2D eigenvalue weighted by molar-refractivity contribution is -0.137. The highest BCUT2D eigenvalue weighted by Gasteiger charge is 2.31. The maximum absolute atomic E-state index is 12.7. The Morgan fingerprint density at radius 3 is 2.42 bits per heavy atom. The molecule has 0 atom stereocenters. The van der Waals surface area contributed by atoms with E-state index in [0.717, 1.165) is 47.7 Å². The number of nitrogens with zero attached hydrogens (tertiary/aromatic N) is 5. The number of rotatable bonds is 4. The molecule has 4 heterocycles. The quantitative estimate of drug-likeness (QED) is 0.653. The van der Waals surface area contributed by atoms with Gasteiger partial charge in [-0.25, -0.2) is 15.0 Å². The standard InChI is InChI=1S/C22H23F3N6/c1-14-15(2)28-21(16-4-3-9-26-12-16)30-20(14)29-18-7-10-31(11-8-18)19-6-5-17(13-27-19)22(23,24)25/h3-6,9,12-13,18H,7-8,10-11H2,1-2H3,(H,28,29,30). The fraction of sp³-hybridized carbons (Fsp3) is 0.364. The Balaban J connectivity index is 1.43. The van der Waals surface area contributed by atoms with Crippen molar-refractivity contribution in [1.29, 1.82) is 0 Å². The Labute approximate surface area is 178 Å². The zero-order valence-corrected chi connectivity index (χ0v) is 17.3. The van der Waals surface area contributed by atoms with Crippen LogP contribution in [0.15, 0.2) is 42.9 Å². The van der Waals surface area contributed by atoms with Gasteiger partial charge in [0.05, 0.1) is 5.56 Å². The fourth-order valence-corrected chi connectivity index (χ4v) is 3.58. The molecule has 0 bridgehead atoms. The van der Waals surface area contributed by atoms with Crippen molar-refractivity contribution in [3.63, 3.8) is 0 Å². The van der Waals surface area contributed by atoms with Crippen LogP contribution in [0.1, 0.15) is 29.7 Å². The van der Waals surface area contributed by atoms with Crippen molar-refractivity contribution in [1.82, 2.24) is 19.9 Å². The van der Waals surface area contributed by atoms with Gasteiger partial charge in [0.25, 0.3) is 0 Å². The number of piperidine rings is 1. The number of hydrogen-bond donors (Lipinski definition) is 1. The van der Waals surface area contributed by atoms with Crippen molar-refractivity contribution < 1.29 is 13.2 Å². The molecule has 0 amide bonds. The predicted octanol–water partition coefficient (Wildman–Crippen LogP) is 4.65. The first kappa shape index (κ1) is 21.0. The zero-order chi connectivity index (χ0) is 22.0. The first-order valence-corrected chi connectivity index (χ1v) is 10.1. The molecule has 1 aliphatic heterocycles. The third-order valence-corrected chi connectivity index (χ3v) is 5.54. The van der Waals surface area contributed by atoms with Crippen LogP contribution in [0.25, 0.3) is 11.4 Å². The largest absolute Gasteiger partial charge is 0.417 e. The first-order chi connectivity index (χ1) is 14.8. The van der Waals surface area contributed by atoms with E-state index in [1.807, 2.05) is 30.9 Å². The van der Waals surface area contributed by atoms with Crippen LogP contribution < -0.4 is 10.2 Å². The Morgan fingerprint density at radius 2 is 1.81 bits per heavy atom. The monoisotopic (exact) mass is 428 g/mol. The minimum Gasteiger partial charge on any atom is -0.367 e. The summed E-state index contributed by atoms with van der Waals surface area (Å²) < 4.78 is 38.2. The summed E-state index contributed by atoms with van der Waals surface area (Å²) in [6.07, 6.45) is 1.63. The van der Waals surface area contributed by atoms with E-state index in [1.165, 1.54) is 6.07 Å². The lowest BCUT2D eigenvalue weighted by atomic mass is 10.0. The summed E-state index contributed by atoms with van der Waals surface area (Å²) in [5.74, 6) is 2.00. The van der Waals surface area contributed by atoms with Crippen molar-refractivity contribution in [3.05, 3.63) is 59.7 Å². The molecule has 1 fully saturated rings. The van der Waals surface area contributed by atoms with Crippen molar-refractivity contribution in [2.45, 2.75) is 38.9 Å². The lowest BCUT2D eigenvalue weighted by Gasteiger charge is -2.33. The molecular weight excluding hydrogens is 405 g/mol. The van der Waals surface area contributed by atoms with E-state index >= 15 is 0 Å². The molecular formula is C22H23F3N6. The van der Waals surface area contributed by atoms with E-state index in [-0.39, 0.29) is 6.04 Å². The zero-order valence-electron chi connectivity index (χ0n) is 17.3. The molecule has 0 saturated carbocycles. The Bertz CT molecular complexity index is 1030. The molecule has 162 valence electrons. The van der Waals surface area contributed by atoms with Crippen LogP contribution >= 0.6 is 0 Å². The number of aromatic nitrogens is 4. The van der Waals surface area contributed by atoms with Gasteiger partial charge in [0.15, 0.2) is 5.82 Å². The van der Waals surface area contributed by atoms with E-state index in [1.54, 1.807) is 12.4 Å². The van der Waals surface area contributed by atoms with E-state index in [2.05, 4.69) is 20.3 Å². The second-order valence-electron chi connectivity index (χ2n) is 7.66. The topological polar surface area (TPSA) is 66.8 Å². The number of nitrogens with one attached hydrogen (secondary N) is 1. The van der Waals surface area contributed by atoms with Crippen LogP contribution in [0.3, 0.4) is 0 Å². The highest BCUT2D eigenvalue weighted by molar-refractivity contribution is 5.59. The number of hydrogen-bond acceptors (Lipinski definition) is 6. The number of pyridine rings is 2. The first-order valence-electron chi connectivity index (χ1n) is 10.1. The number of anilines is 2. The summed E-state index contributed by atoms with van der Waals surface area (Å²) in [6, 6.07) is 6.51. The number of halogens is 3. The fourth-order valence-electron chi connectivity index (χ4n) is 3.58. The van der Waals surface area contributed by atoms with Crippen LogP contribution in [-0.4, -0.2) is 39.1 Å². The van der Waals surface area contributed by atoms with Crippen LogP contribution in [0.2, 0.25) is 0 Å². The minimum absolute atomic E-state index is 0.209. The van der Waals surface area contributed by atoms with Crippen LogP contribution in [0.5, 0.6) is 0 Å². The molecule has 3 aromatic heterocycles. The van der Waals surface area contributed by atoms with Crippen molar-refractivity contribution >= 4 is 11.6 Å². The highest BCUT2D eigenvalue weighted by atomic mass is 19.4. The Morgan fingerprint density at radius 1 is 1.03 bits per heavy atom. The van der Waals surface area contributed by atoms with Gasteiger partial charge in [0.1, 0.15) is 11.6 Å². The highest BCUT2D eigenvalue weighted by Crippen LogP contribution is 2.30. The molecule has 0 unspecified atom stereocenters. The molecule has 1 aliphatic rings. The Kier molecular flexibility index (Phi) is 5.75. The second-order valence-corrected chi connectivity index (χ2v) is 7.66. The summed E-state index contributed by atoms with van der Waals surface area (Å²) in [5.41, 5.74) is 2.03. The smallest absolute Gasteiger partial charge is 0.367 e. The summed E-state index contributed by atoms with van der Waals surface area (Å²) in [4.78, 5) is 19.5. The third-order valence-electron chi connectivity index (χ3n) is 5.54. The lowest BCUT2D eigenvalue weighted by Crippen LogP contribution is -2.39. The molecule has 31 heavy (non-hydrogen) atoms. The molecule has 0 radical (unpaired) electrons. The molecule has 4 rings (SSSR count). The van der Waals surface area contributed by atoms with Crippen LogP contribution in [0.4, 0.5) is 24.8 Å². The SMILES string of the molecule is Cc1nc(-c2cccnc2)nc(NC2CCN(c3ccc(C(F)(F)F)cn3)CC2)c1C. The maximum Gasteiger partial charge on any atom is 0.417 e. The molecule has 1 saturated heterocycles. The van der Waals surface area contributed by atoms with E-state index in [4.69, 9.17) is 4.98 Å². The van der Waals surface area contributed by atoms with Gasteiger partial charge in [-0.1, -0.05) is 0 Å². The van der Waals surface area contributed by atoms with Crippen molar-refractivity contribution in [2.75, 3.05) is 23.3 Å². The van der Waals surface area contributed by atoms with E-state index < -0.39 is 11.7 Å². The van der Waals surface area contributed by atoms with Gasteiger partial charge in [-0.15, -0.1) is 0 Å². The second kappa shape index (κ2) is 8.49. The van der Waals surface area contributed by atoms with Gasteiger partial charge in [0.2, 0.25) is 0 Å². The summed E-state index contributed by atoms with van der Waals surface area (Å²) in [7, 11) is 0. The van der Waals surface area contributed by atoms with Gasteiger partial charge in [-0.05, 0) is 51.0 Å². The van der Waals surface area contributed by atoms with Gasteiger partial charge in [0, 0.05) is 54.5 Å². The maximum atomic E-state index is 12.7. The molecule has 0 spiro atoms. The third kappa shape index (κ3) is 4.76. The van der Waals surface area contributed by atoms with Crippen LogP contribution in [-0.2, 0) is 6.18 Å². The number of aryl methyl sites for hydroxylation is 1. The average Bonchev–Trinajstić information content (AvgIpc) is 2.77. The van der Waals surface area contributed by atoms with Gasteiger partial charge < -0.3 is 10.2 Å². The molecule has 3 aromatic rings. The molecule has 1 N–H and O–H groups in total. The molecule has 0 aromatic carbocycles. The van der Waals surface area contributed by atoms with Gasteiger partial charge >= 0.3 is 6.18 Å². The number of alkyl halides is 3. The average molecular weight is 428 g/mol. The van der Waals surface area contributed by atoms with E-state index in [9.17, 15) is 13.2 Å². The summed E-state index contributed by atoms with van der Waals surface area (Å²) in [6.45, 7) is 5.36. The van der Waals surface area contributed by atoms with Crippen molar-refractivity contribution in [3.8, 4) is 11.4 Å². The predicted molar refractivity (Wildman–Crippen MR) is 113 cm³/mol. The minimum atomic E-state index is -4.37. The normalized spacial score (nSPS) is 15.2. The summed E-state index contributed by atoms with van der Waals surface area (Å²) in [5, 5.41) is 3.53. The van der Waals surface area contributed by atoms with Crippen molar-refractivity contribution in [2.24, 2.45) is 0 Å². The van der Waals surface area contributed by atoms with Crippen LogP contribution in [0, 0.1) is 13.8 Å².